The number of para-hydroxylation sites is 1. The van der Waals surface area contributed by atoms with Crippen LogP contribution in [0.5, 0.6) is 11.5 Å². The van der Waals surface area contributed by atoms with Crippen LogP contribution in [0.25, 0.3) is 10.9 Å². The molecule has 4 aliphatic carbocycles. The Balaban J connectivity index is 1.08. The Kier molecular flexibility index (Phi) is 6.85. The van der Waals surface area contributed by atoms with Gasteiger partial charge in [-0.2, -0.15) is 0 Å². The number of benzene rings is 3. The lowest BCUT2D eigenvalue weighted by atomic mass is 9.48. The maximum atomic E-state index is 13.3. The van der Waals surface area contributed by atoms with Crippen molar-refractivity contribution in [2.45, 2.75) is 43.1 Å². The Morgan fingerprint density at radius 2 is 1.82 bits per heavy atom. The first-order valence-corrected chi connectivity index (χ1v) is 16.2. The van der Waals surface area contributed by atoms with E-state index in [0.29, 0.717) is 18.2 Å². The van der Waals surface area contributed by atoms with E-state index in [9.17, 15) is 28.4 Å². The second-order valence-corrected chi connectivity index (χ2v) is 14.2. The number of aliphatic hydroxyl groups is 1. The first-order valence-electron chi connectivity index (χ1n) is 14.7. The van der Waals surface area contributed by atoms with Crippen molar-refractivity contribution in [2.75, 3.05) is 11.9 Å². The van der Waals surface area contributed by atoms with Crippen molar-refractivity contribution in [2.24, 2.45) is 23.2 Å². The zero-order valence-corrected chi connectivity index (χ0v) is 24.5. The molecule has 0 unspecified atom stereocenters. The molecule has 4 aromatic rings. The minimum absolute atomic E-state index is 0.0151. The molecule has 11 nitrogen and oxygen atoms in total. The van der Waals surface area contributed by atoms with Crippen LogP contribution in [0.4, 0.5) is 11.4 Å². The van der Waals surface area contributed by atoms with Crippen molar-refractivity contribution in [3.63, 3.8) is 0 Å². The highest BCUT2D eigenvalue weighted by molar-refractivity contribution is 7.90. The molecule has 228 valence electrons. The molecule has 0 radical (unpaired) electrons. The summed E-state index contributed by atoms with van der Waals surface area (Å²) in [5.74, 6) is 0.793. The number of nitrogens with one attached hydrogen (secondary N) is 3. The molecule has 4 fully saturated rings. The maximum absolute atomic E-state index is 13.3. The summed E-state index contributed by atoms with van der Waals surface area (Å²) >= 11 is 0. The van der Waals surface area contributed by atoms with E-state index < -0.39 is 31.4 Å². The summed E-state index contributed by atoms with van der Waals surface area (Å²) in [5.41, 5.74) is 0.685. The van der Waals surface area contributed by atoms with Gasteiger partial charge in [-0.05, 0) is 104 Å². The predicted octanol–water partition coefficient (Wildman–Crippen LogP) is 5.59. The van der Waals surface area contributed by atoms with Crippen LogP contribution in [-0.2, 0) is 10.0 Å². The Bertz CT molecular complexity index is 1870. The zero-order valence-electron chi connectivity index (χ0n) is 23.7. The number of nitro groups is 1. The summed E-state index contributed by atoms with van der Waals surface area (Å²) in [4.78, 5) is 27.3. The number of rotatable bonds is 9. The lowest BCUT2D eigenvalue weighted by Gasteiger charge is -2.59. The van der Waals surface area contributed by atoms with E-state index in [1.165, 1.54) is 18.2 Å². The van der Waals surface area contributed by atoms with Crippen molar-refractivity contribution >= 4 is 38.2 Å². The monoisotopic (exact) mass is 616 g/mol. The topological polar surface area (TPSA) is 164 Å². The highest BCUT2D eigenvalue weighted by Crippen LogP contribution is 2.60. The molecule has 12 heteroatoms. The van der Waals surface area contributed by atoms with Crippen molar-refractivity contribution < 1.29 is 28.0 Å². The van der Waals surface area contributed by atoms with Gasteiger partial charge >= 0.3 is 0 Å². The van der Waals surface area contributed by atoms with Gasteiger partial charge in [0, 0.05) is 29.7 Å². The maximum Gasteiger partial charge on any atom is 0.293 e. The molecule has 0 saturated heterocycles. The summed E-state index contributed by atoms with van der Waals surface area (Å²) in [7, 11) is -4.47. The number of hydrogen-bond donors (Lipinski definition) is 4. The number of aromatic amines is 1. The largest absolute Gasteiger partial charge is 0.457 e. The molecule has 4 bridgehead atoms. The Morgan fingerprint density at radius 3 is 2.59 bits per heavy atom. The van der Waals surface area contributed by atoms with E-state index in [0.717, 1.165) is 49.1 Å². The van der Waals surface area contributed by atoms with E-state index in [1.54, 1.807) is 36.5 Å². The fourth-order valence-corrected chi connectivity index (χ4v) is 8.83. The number of anilines is 1. The van der Waals surface area contributed by atoms with E-state index in [2.05, 4.69) is 10.3 Å². The van der Waals surface area contributed by atoms with Gasteiger partial charge in [-0.15, -0.1) is 0 Å². The van der Waals surface area contributed by atoms with Crippen LogP contribution in [-0.4, -0.2) is 42.0 Å². The van der Waals surface area contributed by atoms with Crippen LogP contribution >= 0.6 is 0 Å². The minimum atomic E-state index is -4.47. The minimum Gasteiger partial charge on any atom is -0.457 e. The molecule has 1 aromatic heterocycles. The first-order chi connectivity index (χ1) is 21.1. The number of H-pyrrole nitrogens is 1. The SMILES string of the molecule is O=C(NS(=O)(=O)c1ccc(NCC23CC4C[C@H](C2)C(O)[C@H](C4)C3)c([N+](=O)[O-])c1)c1ccccc1Oc1ccc2[nH]ccc2c1. The molecule has 4 saturated carbocycles. The summed E-state index contributed by atoms with van der Waals surface area (Å²) in [6, 6.07) is 17.1. The van der Waals surface area contributed by atoms with E-state index >= 15 is 0 Å². The van der Waals surface area contributed by atoms with Gasteiger partial charge in [0.2, 0.25) is 0 Å². The van der Waals surface area contributed by atoms with Crippen molar-refractivity contribution in [1.29, 1.82) is 0 Å². The lowest BCUT2D eigenvalue weighted by molar-refractivity contribution is -0.384. The molecule has 1 amide bonds. The number of aliphatic hydroxyl groups excluding tert-OH is 1. The molecule has 1 heterocycles. The second-order valence-electron chi connectivity index (χ2n) is 12.5. The standard InChI is InChI=1S/C32H32N4O7S/c37-30-21-11-19-12-22(30)17-32(15-19,16-21)18-34-27-8-6-24(14-28(27)36(39)40)44(41,42)35-31(38)25-3-1-2-4-29(25)43-23-5-7-26-20(13-23)9-10-33-26/h1-10,13-14,19,21-22,30,33-34,37H,11-12,15-18H2,(H,35,38)/t19?,21-,22-,30?,32?/m1/s1. The third kappa shape index (κ3) is 5.17. The van der Waals surface area contributed by atoms with Crippen LogP contribution in [0.2, 0.25) is 0 Å². The molecule has 2 atom stereocenters. The number of sulfonamides is 1. The Hall–Kier alpha value is -4.42. The smallest absolute Gasteiger partial charge is 0.293 e. The Labute approximate surface area is 253 Å². The van der Waals surface area contributed by atoms with Gasteiger partial charge in [-0.1, -0.05) is 12.1 Å². The third-order valence-electron chi connectivity index (χ3n) is 9.59. The van der Waals surface area contributed by atoms with Crippen molar-refractivity contribution in [3.8, 4) is 11.5 Å². The summed E-state index contributed by atoms with van der Waals surface area (Å²) in [6.07, 6.45) is 6.40. The van der Waals surface area contributed by atoms with Crippen LogP contribution < -0.4 is 14.8 Å². The Morgan fingerprint density at radius 1 is 1.05 bits per heavy atom. The summed E-state index contributed by atoms with van der Waals surface area (Å²) < 4.78 is 34.5. The summed E-state index contributed by atoms with van der Waals surface area (Å²) in [5, 5.41) is 26.7. The van der Waals surface area contributed by atoms with Crippen LogP contribution in [0.15, 0.2) is 77.8 Å². The summed E-state index contributed by atoms with van der Waals surface area (Å²) in [6.45, 7) is 0.515. The number of nitrogens with zero attached hydrogens (tertiary/aromatic N) is 1. The van der Waals surface area contributed by atoms with Crippen molar-refractivity contribution in [1.82, 2.24) is 9.71 Å². The quantitative estimate of drug-likeness (QED) is 0.140. The van der Waals surface area contributed by atoms with Crippen molar-refractivity contribution in [3.05, 3.63) is 88.6 Å². The molecule has 44 heavy (non-hydrogen) atoms. The van der Waals surface area contributed by atoms with Crippen LogP contribution in [0.1, 0.15) is 42.5 Å². The molecule has 4 N–H and O–H groups in total. The number of aromatic nitrogens is 1. The van der Waals surface area contributed by atoms with E-state index in [-0.39, 0.29) is 40.4 Å². The zero-order chi connectivity index (χ0) is 30.6. The molecule has 0 aliphatic heterocycles. The number of ether oxygens (including phenoxy) is 1. The fraction of sp³-hybridized carbons (Fsp3) is 0.344. The van der Waals surface area contributed by atoms with E-state index in [1.807, 2.05) is 16.9 Å². The second kappa shape index (κ2) is 10.6. The molecule has 4 aliphatic rings. The number of hydrogen-bond acceptors (Lipinski definition) is 8. The van der Waals surface area contributed by atoms with Gasteiger partial charge in [0.15, 0.2) is 0 Å². The average Bonchev–Trinajstić information content (AvgIpc) is 3.46. The highest BCUT2D eigenvalue weighted by atomic mass is 32.2. The average molecular weight is 617 g/mol. The van der Waals surface area contributed by atoms with Crippen LogP contribution in [0.3, 0.4) is 0 Å². The number of carbonyl (C=O) groups excluding carboxylic acids is 1. The first kappa shape index (κ1) is 28.4. The van der Waals surface area contributed by atoms with Gasteiger partial charge in [0.25, 0.3) is 21.6 Å². The van der Waals surface area contributed by atoms with Gasteiger partial charge < -0.3 is 20.1 Å². The molecular formula is C32H32N4O7S. The van der Waals surface area contributed by atoms with Gasteiger partial charge in [0.1, 0.15) is 17.2 Å². The van der Waals surface area contributed by atoms with Crippen LogP contribution in [0, 0.1) is 33.3 Å². The highest BCUT2D eigenvalue weighted by Gasteiger charge is 2.54. The predicted molar refractivity (Wildman–Crippen MR) is 163 cm³/mol. The number of fused-ring (bicyclic) bond motifs is 1. The number of nitro benzene ring substituents is 1. The molecule has 8 rings (SSSR count). The fourth-order valence-electron chi connectivity index (χ4n) is 7.85. The van der Waals surface area contributed by atoms with E-state index in [4.69, 9.17) is 4.74 Å². The molecular weight excluding hydrogens is 584 g/mol. The lowest BCUT2D eigenvalue weighted by Crippen LogP contribution is -2.55. The molecule has 0 spiro atoms. The number of amides is 1. The number of carbonyl (C=O) groups is 1. The normalized spacial score (nSPS) is 25.6. The van der Waals surface area contributed by atoms with Gasteiger partial charge in [0.05, 0.1) is 21.5 Å². The van der Waals surface area contributed by atoms with Gasteiger partial charge in [-0.25, -0.2) is 13.1 Å². The van der Waals surface area contributed by atoms with Gasteiger partial charge in [-0.3, -0.25) is 14.9 Å². The molecule has 3 aromatic carbocycles. The third-order valence-corrected chi connectivity index (χ3v) is 10.9.